The van der Waals surface area contributed by atoms with Crippen molar-refractivity contribution in [3.63, 3.8) is 0 Å². The van der Waals surface area contributed by atoms with Gasteiger partial charge in [0, 0.05) is 31.2 Å². The first-order valence-electron chi connectivity index (χ1n) is 18.2. The van der Waals surface area contributed by atoms with Crippen LogP contribution >= 0.6 is 0 Å². The lowest BCUT2D eigenvalue weighted by atomic mass is 9.44. The highest BCUT2D eigenvalue weighted by atomic mass is 16.5. The van der Waals surface area contributed by atoms with Crippen LogP contribution in [0, 0.1) is 34.5 Å². The summed E-state index contributed by atoms with van der Waals surface area (Å²) in [4.78, 5) is 27.9. The summed E-state index contributed by atoms with van der Waals surface area (Å²) in [5.74, 6) is 2.48. The van der Waals surface area contributed by atoms with Gasteiger partial charge in [0.1, 0.15) is 12.1 Å². The number of esters is 2. The minimum atomic E-state index is -0.114. The van der Waals surface area contributed by atoms with E-state index in [1.165, 1.54) is 77.3 Å². The van der Waals surface area contributed by atoms with Crippen molar-refractivity contribution < 1.29 is 23.5 Å². The molecule has 0 amide bonds. The topological polar surface area (TPSA) is 55.8 Å². The summed E-state index contributed by atoms with van der Waals surface area (Å²) in [7, 11) is 0. The van der Waals surface area contributed by atoms with Crippen LogP contribution in [0.4, 0.5) is 0 Å². The number of carbonyl (C=O) groups is 2. The Labute approximate surface area is 261 Å². The molecule has 6 nitrogen and oxygen atoms in total. The van der Waals surface area contributed by atoms with Crippen LogP contribution in [0.3, 0.4) is 0 Å². The van der Waals surface area contributed by atoms with Gasteiger partial charge in [0.15, 0.2) is 6.10 Å². The summed E-state index contributed by atoms with van der Waals surface area (Å²) in [5.41, 5.74) is 0.320. The van der Waals surface area contributed by atoms with Crippen LogP contribution in [0.15, 0.2) is 12.7 Å². The number of fused-ring (bicyclic) bond motifs is 5. The Morgan fingerprint density at radius 2 is 1.65 bits per heavy atom. The van der Waals surface area contributed by atoms with Crippen molar-refractivity contribution >= 4 is 11.9 Å². The zero-order valence-electron chi connectivity index (χ0n) is 27.9. The molecule has 6 rings (SSSR count). The van der Waals surface area contributed by atoms with Crippen molar-refractivity contribution in [2.24, 2.45) is 34.5 Å². The van der Waals surface area contributed by atoms with E-state index in [1.54, 1.807) is 6.92 Å². The average Bonchev–Trinajstić information content (AvgIpc) is 3.30. The third-order valence-electron chi connectivity index (χ3n) is 14.2. The van der Waals surface area contributed by atoms with Crippen LogP contribution < -0.4 is 0 Å². The molecular formula is C37H61N2O4+. The van der Waals surface area contributed by atoms with Crippen molar-refractivity contribution in [1.29, 1.82) is 0 Å². The van der Waals surface area contributed by atoms with E-state index in [4.69, 9.17) is 9.47 Å². The van der Waals surface area contributed by atoms with Gasteiger partial charge in [0.2, 0.25) is 0 Å². The molecule has 6 aliphatic rings. The van der Waals surface area contributed by atoms with Gasteiger partial charge >= 0.3 is 11.9 Å². The SMILES string of the molecule is C=CC[N+]1([C@H]2C[C@H]3[C@@H]4CC[C@H]5C[C@H](OC(C)=O)[C@@H](N6CCCCC6)C[C@]5(C)[C@H]4CC[C@]3(C)[C@H]2OC(=O)CC)CCCCC1. The van der Waals surface area contributed by atoms with Gasteiger partial charge in [-0.15, -0.1) is 0 Å². The molecule has 4 aliphatic carbocycles. The van der Waals surface area contributed by atoms with Crippen LogP contribution in [-0.4, -0.2) is 78.3 Å². The van der Waals surface area contributed by atoms with Crippen molar-refractivity contribution in [1.82, 2.24) is 4.90 Å². The highest BCUT2D eigenvalue weighted by Gasteiger charge is 2.67. The maximum absolute atomic E-state index is 13.0. The fourth-order valence-electron chi connectivity index (χ4n) is 12.2. The number of hydrogen-bond acceptors (Lipinski definition) is 5. The van der Waals surface area contributed by atoms with Crippen LogP contribution in [0.2, 0.25) is 0 Å². The average molecular weight is 598 g/mol. The molecule has 0 N–H and O–H groups in total. The summed E-state index contributed by atoms with van der Waals surface area (Å²) < 4.78 is 13.8. The summed E-state index contributed by atoms with van der Waals surface area (Å²) in [6.07, 6.45) is 18.7. The van der Waals surface area contributed by atoms with Crippen LogP contribution in [-0.2, 0) is 19.1 Å². The molecule has 0 bridgehead atoms. The van der Waals surface area contributed by atoms with Crippen molar-refractivity contribution in [2.75, 3.05) is 32.7 Å². The largest absolute Gasteiger partial charge is 0.461 e. The predicted molar refractivity (Wildman–Crippen MR) is 170 cm³/mol. The Morgan fingerprint density at radius 1 is 0.930 bits per heavy atom. The van der Waals surface area contributed by atoms with Crippen molar-refractivity contribution in [3.05, 3.63) is 12.7 Å². The van der Waals surface area contributed by atoms with E-state index < -0.39 is 0 Å². The molecular weight excluding hydrogens is 536 g/mol. The molecule has 2 heterocycles. The lowest BCUT2D eigenvalue weighted by Crippen LogP contribution is -2.63. The Bertz CT molecular complexity index is 1030. The van der Waals surface area contributed by atoms with Gasteiger partial charge in [-0.2, -0.15) is 0 Å². The molecule has 6 fully saturated rings. The van der Waals surface area contributed by atoms with E-state index in [0.717, 1.165) is 43.4 Å². The van der Waals surface area contributed by atoms with E-state index in [2.05, 4.69) is 31.4 Å². The lowest BCUT2D eigenvalue weighted by Gasteiger charge is -2.62. The number of piperidine rings is 2. The minimum Gasteiger partial charge on any atom is -0.461 e. The lowest BCUT2D eigenvalue weighted by molar-refractivity contribution is -0.952. The maximum Gasteiger partial charge on any atom is 0.306 e. The Balaban J connectivity index is 1.31. The highest BCUT2D eigenvalue weighted by Crippen LogP contribution is 2.68. The zero-order valence-corrected chi connectivity index (χ0v) is 27.9. The first-order valence-corrected chi connectivity index (χ1v) is 18.2. The number of quaternary nitrogens is 1. The molecule has 6 heteroatoms. The van der Waals surface area contributed by atoms with Gasteiger partial charge in [-0.3, -0.25) is 14.5 Å². The number of rotatable bonds is 7. The van der Waals surface area contributed by atoms with Gasteiger partial charge in [0.05, 0.1) is 19.6 Å². The molecule has 43 heavy (non-hydrogen) atoms. The monoisotopic (exact) mass is 597 g/mol. The molecule has 2 saturated heterocycles. The summed E-state index contributed by atoms with van der Waals surface area (Å²) >= 11 is 0. The molecule has 0 aromatic carbocycles. The van der Waals surface area contributed by atoms with Crippen LogP contribution in [0.1, 0.15) is 118 Å². The second kappa shape index (κ2) is 12.4. The normalized spacial score (nSPS) is 44.4. The molecule has 0 radical (unpaired) electrons. The standard InChI is InChI=1S/C37H61N2O4/c1-6-20-39(21-12-9-13-22-39)32-24-30-28-15-14-27-23-33(42-26(3)40)31(38-18-10-8-11-19-38)25-37(27,5)29(28)16-17-36(30,4)35(32)43-34(41)7-2/h6,27-33,35H,1,7-25H2,2-5H3/q+1/t27-,28+,29-,30-,31-,32-,33-,35-,36-,37-/m0/s1. The first-order chi connectivity index (χ1) is 20.6. The fourth-order valence-corrected chi connectivity index (χ4v) is 12.2. The third kappa shape index (κ3) is 5.53. The number of hydrogen-bond donors (Lipinski definition) is 0. The van der Waals surface area contributed by atoms with E-state index in [0.29, 0.717) is 42.2 Å². The van der Waals surface area contributed by atoms with Crippen LogP contribution in [0.25, 0.3) is 0 Å². The summed E-state index contributed by atoms with van der Waals surface area (Å²) in [6, 6.07) is 0.732. The number of ether oxygens (including phenoxy) is 2. The smallest absolute Gasteiger partial charge is 0.306 e. The summed E-state index contributed by atoms with van der Waals surface area (Å²) in [5, 5.41) is 0. The number of carbonyl (C=O) groups excluding carboxylic acids is 2. The van der Waals surface area contributed by atoms with E-state index in [1.807, 2.05) is 6.92 Å². The molecule has 4 saturated carbocycles. The highest BCUT2D eigenvalue weighted by molar-refractivity contribution is 5.69. The Kier molecular flexibility index (Phi) is 9.12. The van der Waals surface area contributed by atoms with Gasteiger partial charge in [-0.1, -0.05) is 33.8 Å². The molecule has 0 aromatic heterocycles. The van der Waals surface area contributed by atoms with Crippen molar-refractivity contribution in [3.8, 4) is 0 Å². The fraction of sp³-hybridized carbons (Fsp3) is 0.892. The molecule has 0 spiro atoms. The molecule has 242 valence electrons. The Morgan fingerprint density at radius 3 is 2.33 bits per heavy atom. The third-order valence-corrected chi connectivity index (χ3v) is 14.2. The maximum atomic E-state index is 13.0. The van der Waals surface area contributed by atoms with E-state index in [-0.39, 0.29) is 35.0 Å². The molecule has 0 unspecified atom stereocenters. The van der Waals surface area contributed by atoms with Gasteiger partial charge in [-0.25, -0.2) is 0 Å². The predicted octanol–water partition coefficient (Wildman–Crippen LogP) is 6.91. The molecule has 10 atom stereocenters. The van der Waals surface area contributed by atoms with Gasteiger partial charge in [0.25, 0.3) is 0 Å². The first kappa shape index (κ1) is 31.6. The Hall–Kier alpha value is -1.40. The second-order valence-electron chi connectivity index (χ2n) is 16.2. The van der Waals surface area contributed by atoms with E-state index in [9.17, 15) is 9.59 Å². The molecule has 2 aliphatic heterocycles. The second-order valence-corrected chi connectivity index (χ2v) is 16.2. The molecule has 0 aromatic rings. The number of nitrogens with zero attached hydrogens (tertiary/aromatic N) is 2. The summed E-state index contributed by atoms with van der Waals surface area (Å²) in [6.45, 7) is 18.6. The van der Waals surface area contributed by atoms with Crippen LogP contribution in [0.5, 0.6) is 0 Å². The quantitative estimate of drug-likeness (QED) is 0.181. The zero-order chi connectivity index (χ0) is 30.4. The van der Waals surface area contributed by atoms with Crippen molar-refractivity contribution in [2.45, 2.75) is 142 Å². The van der Waals surface area contributed by atoms with Gasteiger partial charge in [-0.05, 0) is 119 Å². The van der Waals surface area contributed by atoms with E-state index >= 15 is 0 Å². The van der Waals surface area contributed by atoms with Gasteiger partial charge < -0.3 is 14.0 Å². The minimum absolute atomic E-state index is 0.00952. The number of likely N-dealkylation sites (tertiary alicyclic amines) is 2.